The van der Waals surface area contributed by atoms with E-state index in [2.05, 4.69) is 27.9 Å². The van der Waals surface area contributed by atoms with Crippen molar-refractivity contribution in [2.75, 3.05) is 0 Å². The Hall–Kier alpha value is -1.57. The van der Waals surface area contributed by atoms with E-state index in [9.17, 15) is 18.0 Å². The average molecular weight is 447 g/mol. The number of carbonyl (C=O) groups excluding carboxylic acids is 1. The summed E-state index contributed by atoms with van der Waals surface area (Å²) in [5, 5.41) is 2.59. The second-order valence-electron chi connectivity index (χ2n) is 5.41. The minimum atomic E-state index is -4.46. The van der Waals surface area contributed by atoms with Crippen molar-refractivity contribution < 1.29 is 18.0 Å². The number of amides is 1. The summed E-state index contributed by atoms with van der Waals surface area (Å²) in [6.07, 6.45) is 3.72. The summed E-state index contributed by atoms with van der Waals surface area (Å²) in [5.41, 5.74) is -0.172. The van der Waals surface area contributed by atoms with Crippen LogP contribution in [-0.2, 0) is 0 Å². The molecule has 1 N–H and O–H groups in total. The van der Waals surface area contributed by atoms with Crippen molar-refractivity contribution in [3.05, 3.63) is 69.0 Å². The van der Waals surface area contributed by atoms with Crippen molar-refractivity contribution in [1.82, 2.24) is 5.32 Å². The molecule has 1 amide bonds. The van der Waals surface area contributed by atoms with Gasteiger partial charge in [0.1, 0.15) is 0 Å². The summed E-state index contributed by atoms with van der Waals surface area (Å²) in [6, 6.07) is 6.89. The molecule has 0 fully saturated rings. The highest BCUT2D eigenvalue weighted by molar-refractivity contribution is 14.1. The van der Waals surface area contributed by atoms with Gasteiger partial charge < -0.3 is 5.32 Å². The topological polar surface area (TPSA) is 29.1 Å². The summed E-state index contributed by atoms with van der Waals surface area (Å²) in [4.78, 5) is 12.3. The van der Waals surface area contributed by atoms with Crippen LogP contribution in [0.5, 0.6) is 0 Å². The molecule has 0 radical (unpaired) electrons. The molecule has 0 spiro atoms. The molecule has 0 aliphatic heterocycles. The van der Waals surface area contributed by atoms with Crippen molar-refractivity contribution in [3.63, 3.8) is 0 Å². The first-order valence-corrected chi connectivity index (χ1v) is 8.66. The molecule has 0 saturated carbocycles. The van der Waals surface area contributed by atoms with Gasteiger partial charge in [-0.05, 0) is 72.5 Å². The van der Waals surface area contributed by atoms with E-state index in [4.69, 9.17) is 0 Å². The van der Waals surface area contributed by atoms with Crippen LogP contribution >= 0.6 is 22.6 Å². The lowest BCUT2D eigenvalue weighted by Crippen LogP contribution is -2.23. The zero-order valence-corrected chi connectivity index (χ0v) is 15.0. The molecule has 1 aliphatic carbocycles. The number of carbonyl (C=O) groups is 1. The monoisotopic (exact) mass is 447 g/mol. The molecule has 24 heavy (non-hydrogen) atoms. The van der Waals surface area contributed by atoms with E-state index < -0.39 is 17.7 Å². The summed E-state index contributed by atoms with van der Waals surface area (Å²) in [6.45, 7) is 0. The van der Waals surface area contributed by atoms with Crippen molar-refractivity contribution in [2.45, 2.75) is 31.9 Å². The molecular weight excluding hydrogens is 430 g/mol. The standard InChI is InChI=1S/C18H17F3INO/c19-18(20,21)14-8-4-2-1-3-5-10-16(12-14)23-17(24)13-7-6-9-15(22)11-13/h4,6-12H,1-3,5H2,(H,23,24)/b8-4+,14-12?,16-10?. The van der Waals surface area contributed by atoms with E-state index in [1.807, 2.05) is 6.07 Å². The summed E-state index contributed by atoms with van der Waals surface area (Å²) < 4.78 is 40.2. The Morgan fingerprint density at radius 1 is 1.17 bits per heavy atom. The van der Waals surface area contributed by atoms with Crippen LogP contribution in [0.4, 0.5) is 13.2 Å². The summed E-state index contributed by atoms with van der Waals surface area (Å²) in [7, 11) is 0. The zero-order valence-electron chi connectivity index (χ0n) is 12.9. The molecule has 128 valence electrons. The van der Waals surface area contributed by atoms with Gasteiger partial charge in [-0.15, -0.1) is 0 Å². The van der Waals surface area contributed by atoms with Gasteiger partial charge in [0.2, 0.25) is 0 Å². The second kappa shape index (κ2) is 8.50. The van der Waals surface area contributed by atoms with Crippen LogP contribution in [0.3, 0.4) is 0 Å². The van der Waals surface area contributed by atoms with Crippen LogP contribution in [0.15, 0.2) is 59.8 Å². The van der Waals surface area contributed by atoms with Gasteiger partial charge in [0, 0.05) is 14.8 Å². The van der Waals surface area contributed by atoms with E-state index in [0.29, 0.717) is 18.4 Å². The third-order valence-corrected chi connectivity index (χ3v) is 4.14. The maximum absolute atomic E-state index is 13.1. The smallest absolute Gasteiger partial charge is 0.322 e. The highest BCUT2D eigenvalue weighted by atomic mass is 127. The lowest BCUT2D eigenvalue weighted by molar-refractivity contribution is -0.0882. The lowest BCUT2D eigenvalue weighted by Gasteiger charge is -2.12. The lowest BCUT2D eigenvalue weighted by atomic mass is 10.1. The molecule has 0 heterocycles. The SMILES string of the molecule is O=C(NC1=CCCCC/C=C/C(C(F)(F)F)=C1)c1cccc(I)c1. The van der Waals surface area contributed by atoms with E-state index in [1.54, 1.807) is 24.3 Å². The first kappa shape index (κ1) is 18.8. The predicted octanol–water partition coefficient (Wildman–Crippen LogP) is 5.52. The fourth-order valence-electron chi connectivity index (χ4n) is 2.25. The van der Waals surface area contributed by atoms with Crippen LogP contribution < -0.4 is 5.32 Å². The number of hydrogen-bond donors (Lipinski definition) is 1. The molecule has 0 aromatic heterocycles. The highest BCUT2D eigenvalue weighted by Crippen LogP contribution is 2.28. The van der Waals surface area contributed by atoms with Crippen LogP contribution in [0.2, 0.25) is 0 Å². The van der Waals surface area contributed by atoms with E-state index in [1.165, 1.54) is 6.08 Å². The Balaban J connectivity index is 2.28. The third-order valence-electron chi connectivity index (χ3n) is 3.47. The van der Waals surface area contributed by atoms with E-state index in [0.717, 1.165) is 28.6 Å². The Kier molecular flexibility index (Phi) is 6.65. The van der Waals surface area contributed by atoms with Gasteiger partial charge in [-0.3, -0.25) is 4.79 Å². The maximum Gasteiger partial charge on any atom is 0.416 e. The molecule has 2 rings (SSSR count). The van der Waals surface area contributed by atoms with Crippen molar-refractivity contribution in [2.24, 2.45) is 0 Å². The highest BCUT2D eigenvalue weighted by Gasteiger charge is 2.32. The summed E-state index contributed by atoms with van der Waals surface area (Å²) in [5.74, 6) is -0.418. The Labute approximate surface area is 152 Å². The van der Waals surface area contributed by atoms with Crippen molar-refractivity contribution in [1.29, 1.82) is 0 Å². The largest absolute Gasteiger partial charge is 0.416 e. The van der Waals surface area contributed by atoms with Crippen LogP contribution in [0, 0.1) is 3.57 Å². The number of hydrogen-bond acceptors (Lipinski definition) is 1. The Morgan fingerprint density at radius 2 is 1.92 bits per heavy atom. The zero-order chi connectivity index (χ0) is 17.6. The van der Waals surface area contributed by atoms with Gasteiger partial charge in [0.05, 0.1) is 5.57 Å². The van der Waals surface area contributed by atoms with Gasteiger partial charge in [0.25, 0.3) is 5.91 Å². The number of benzene rings is 1. The number of alkyl halides is 3. The van der Waals surface area contributed by atoms with Gasteiger partial charge in [-0.25, -0.2) is 0 Å². The average Bonchev–Trinajstić information content (AvgIpc) is 2.52. The quantitative estimate of drug-likeness (QED) is 0.595. The van der Waals surface area contributed by atoms with Crippen molar-refractivity contribution >= 4 is 28.5 Å². The second-order valence-corrected chi connectivity index (χ2v) is 6.65. The first-order valence-electron chi connectivity index (χ1n) is 7.59. The Bertz CT molecular complexity index is 690. The van der Waals surface area contributed by atoms with Gasteiger partial charge in [-0.1, -0.05) is 24.3 Å². The minimum Gasteiger partial charge on any atom is -0.322 e. The fourth-order valence-corrected chi connectivity index (χ4v) is 2.79. The van der Waals surface area contributed by atoms with Gasteiger partial charge >= 0.3 is 6.18 Å². The van der Waals surface area contributed by atoms with Gasteiger partial charge in [-0.2, -0.15) is 13.2 Å². The molecule has 0 saturated heterocycles. The fraction of sp³-hybridized carbons (Fsp3) is 0.278. The maximum atomic E-state index is 13.1. The molecule has 0 atom stereocenters. The molecule has 1 aliphatic rings. The Morgan fingerprint density at radius 3 is 2.62 bits per heavy atom. The third kappa shape index (κ3) is 5.81. The molecular formula is C18H17F3INO. The number of nitrogens with one attached hydrogen (secondary N) is 1. The minimum absolute atomic E-state index is 0.178. The first-order chi connectivity index (χ1) is 11.4. The van der Waals surface area contributed by atoms with E-state index in [-0.39, 0.29) is 5.70 Å². The van der Waals surface area contributed by atoms with Crippen molar-refractivity contribution in [3.8, 4) is 0 Å². The predicted molar refractivity (Wildman–Crippen MR) is 96.5 cm³/mol. The number of halogens is 4. The van der Waals surface area contributed by atoms with Crippen LogP contribution in [0.1, 0.15) is 36.0 Å². The molecule has 1 aromatic carbocycles. The molecule has 0 unspecified atom stereocenters. The summed E-state index contributed by atoms with van der Waals surface area (Å²) >= 11 is 2.08. The van der Waals surface area contributed by atoms with E-state index >= 15 is 0 Å². The van der Waals surface area contributed by atoms with Gasteiger partial charge in [0.15, 0.2) is 0 Å². The van der Waals surface area contributed by atoms with Crippen LogP contribution in [-0.4, -0.2) is 12.1 Å². The molecule has 0 bridgehead atoms. The number of rotatable bonds is 2. The number of allylic oxidation sites excluding steroid dienone is 5. The molecule has 1 aromatic rings. The molecule has 2 nitrogen and oxygen atoms in total. The van der Waals surface area contributed by atoms with Crippen LogP contribution in [0.25, 0.3) is 0 Å². The molecule has 6 heteroatoms. The normalized spacial score (nSPS) is 17.5.